The van der Waals surface area contributed by atoms with E-state index >= 15 is 0 Å². The molecule has 1 amide bonds. The second-order valence-corrected chi connectivity index (χ2v) is 9.13. The summed E-state index contributed by atoms with van der Waals surface area (Å²) in [5.74, 6) is -0.0432. The highest BCUT2D eigenvalue weighted by molar-refractivity contribution is 6.55. The number of rotatable bonds is 7. The van der Waals surface area contributed by atoms with E-state index in [-0.39, 0.29) is 49.2 Å². The number of hydrogen-bond donors (Lipinski definition) is 1. The van der Waals surface area contributed by atoms with Gasteiger partial charge in [0, 0.05) is 5.02 Å². The first-order valence-corrected chi connectivity index (χ1v) is 11.7. The van der Waals surface area contributed by atoms with E-state index in [0.29, 0.717) is 17.3 Å². The van der Waals surface area contributed by atoms with Crippen molar-refractivity contribution in [3.8, 4) is 5.75 Å². The van der Waals surface area contributed by atoms with Gasteiger partial charge in [0.1, 0.15) is 28.7 Å². The Bertz CT molecular complexity index is 1340. The van der Waals surface area contributed by atoms with Crippen molar-refractivity contribution in [2.45, 2.75) is 13.2 Å². The van der Waals surface area contributed by atoms with E-state index < -0.39 is 5.91 Å². The topological polar surface area (TPSA) is 82.2 Å². The van der Waals surface area contributed by atoms with Crippen LogP contribution in [-0.4, -0.2) is 20.7 Å². The fourth-order valence-electron chi connectivity index (χ4n) is 2.85. The van der Waals surface area contributed by atoms with E-state index in [1.54, 1.807) is 16.8 Å². The predicted octanol–water partition coefficient (Wildman–Crippen LogP) is 7.67. The van der Waals surface area contributed by atoms with E-state index in [1.165, 1.54) is 12.4 Å². The van der Waals surface area contributed by atoms with Crippen molar-refractivity contribution in [1.29, 1.82) is 0 Å². The third kappa shape index (κ3) is 5.57. The number of nitrogens with zero attached hydrogens (tertiary/aromatic N) is 3. The third-order valence-electron chi connectivity index (χ3n) is 4.41. The lowest BCUT2D eigenvalue weighted by Crippen LogP contribution is -2.12. The summed E-state index contributed by atoms with van der Waals surface area (Å²) in [5.41, 5.74) is 0.939. The highest BCUT2D eigenvalue weighted by atomic mass is 35.5. The normalized spacial score (nSPS) is 11.0. The van der Waals surface area contributed by atoms with E-state index in [4.69, 9.17) is 78.8 Å². The Morgan fingerprint density at radius 3 is 2.38 bits per heavy atom. The molecule has 0 saturated heterocycles. The van der Waals surface area contributed by atoms with Gasteiger partial charge >= 0.3 is 0 Å². The second-order valence-electron chi connectivity index (χ2n) is 6.80. The van der Waals surface area contributed by atoms with Gasteiger partial charge < -0.3 is 9.15 Å². The Hall–Kier alpha value is -2.13. The van der Waals surface area contributed by atoms with Crippen LogP contribution in [0.1, 0.15) is 21.9 Å². The van der Waals surface area contributed by atoms with E-state index in [9.17, 15) is 4.79 Å². The van der Waals surface area contributed by atoms with Gasteiger partial charge in [0.2, 0.25) is 5.95 Å². The average Bonchev–Trinajstić information content (AvgIpc) is 3.46. The molecule has 0 aliphatic heterocycles. The van der Waals surface area contributed by atoms with Gasteiger partial charge in [-0.25, -0.2) is 9.67 Å². The molecule has 0 bridgehead atoms. The van der Waals surface area contributed by atoms with Crippen molar-refractivity contribution in [1.82, 2.24) is 14.8 Å². The minimum Gasteiger partial charge on any atom is -0.482 e. The second kappa shape index (κ2) is 10.6. The first-order chi connectivity index (χ1) is 16.2. The van der Waals surface area contributed by atoms with Crippen LogP contribution in [0.4, 0.5) is 5.95 Å². The molecule has 7 nitrogen and oxygen atoms in total. The van der Waals surface area contributed by atoms with Gasteiger partial charge in [-0.2, -0.15) is 0 Å². The standard InChI is InChI=1S/C21H12Cl6N4O3/c22-11-3-1-2-10(6-11)7-31-9-28-21(30-31)29-20(32)13-5-4-12(34-13)8-33-19-17(26)15(24)14(23)16(25)18(19)27/h1-6,9H,7-8H2,(H,29,30,32). The summed E-state index contributed by atoms with van der Waals surface area (Å²) in [6.45, 7) is 0.336. The summed E-state index contributed by atoms with van der Waals surface area (Å²) in [5, 5.41) is 7.46. The SMILES string of the molecule is O=C(Nc1ncn(Cc2cccc(Cl)c2)n1)c1ccc(COc2c(Cl)c(Cl)c(Cl)c(Cl)c2Cl)o1. The van der Waals surface area contributed by atoms with Crippen molar-refractivity contribution in [3.05, 3.63) is 89.9 Å². The molecular weight excluding hydrogens is 569 g/mol. The van der Waals surface area contributed by atoms with Crippen LogP contribution in [0.15, 0.2) is 47.1 Å². The zero-order valence-electron chi connectivity index (χ0n) is 16.8. The Morgan fingerprint density at radius 2 is 1.68 bits per heavy atom. The number of nitrogens with one attached hydrogen (secondary N) is 1. The number of benzene rings is 2. The molecule has 0 spiro atoms. The van der Waals surface area contributed by atoms with Gasteiger partial charge in [0.15, 0.2) is 11.5 Å². The lowest BCUT2D eigenvalue weighted by molar-refractivity contribution is 0.0991. The third-order valence-corrected chi connectivity index (χ3v) is 6.89. The first-order valence-electron chi connectivity index (χ1n) is 9.41. The molecule has 0 aliphatic rings. The molecule has 1 N–H and O–H groups in total. The number of halogens is 6. The van der Waals surface area contributed by atoms with Gasteiger partial charge in [0.25, 0.3) is 5.91 Å². The highest BCUT2D eigenvalue weighted by Gasteiger charge is 2.21. The number of ether oxygens (including phenoxy) is 1. The van der Waals surface area contributed by atoms with Crippen molar-refractivity contribution in [2.75, 3.05) is 5.32 Å². The zero-order valence-corrected chi connectivity index (χ0v) is 21.3. The summed E-state index contributed by atoms with van der Waals surface area (Å²) >= 11 is 36.3. The number of carbonyl (C=O) groups is 1. The molecule has 0 saturated carbocycles. The van der Waals surface area contributed by atoms with E-state index in [0.717, 1.165) is 5.56 Å². The Kier molecular flexibility index (Phi) is 7.82. The summed E-state index contributed by atoms with van der Waals surface area (Å²) < 4.78 is 12.7. The smallest absolute Gasteiger partial charge is 0.293 e. The average molecular weight is 581 g/mol. The molecule has 34 heavy (non-hydrogen) atoms. The Labute approximate surface area is 223 Å². The number of furan rings is 1. The molecule has 0 atom stereocenters. The first kappa shape index (κ1) is 25.0. The number of hydrogen-bond acceptors (Lipinski definition) is 5. The molecule has 0 fully saturated rings. The number of anilines is 1. The minimum atomic E-state index is -0.541. The van der Waals surface area contributed by atoms with E-state index in [2.05, 4.69) is 15.4 Å². The van der Waals surface area contributed by atoms with E-state index in [1.807, 2.05) is 18.2 Å². The molecular formula is C21H12Cl6N4O3. The van der Waals surface area contributed by atoms with Crippen molar-refractivity contribution in [2.24, 2.45) is 0 Å². The lowest BCUT2D eigenvalue weighted by atomic mass is 10.2. The number of aromatic nitrogens is 3. The van der Waals surface area contributed by atoms with Gasteiger partial charge in [-0.05, 0) is 29.8 Å². The number of amides is 1. The molecule has 0 aliphatic carbocycles. The lowest BCUT2D eigenvalue weighted by Gasteiger charge is -2.12. The van der Waals surface area contributed by atoms with Crippen LogP contribution in [0.2, 0.25) is 30.1 Å². The molecule has 176 valence electrons. The zero-order chi connectivity index (χ0) is 24.4. The molecule has 4 aromatic rings. The van der Waals surface area contributed by atoms with Crippen LogP contribution in [0.5, 0.6) is 5.75 Å². The van der Waals surface area contributed by atoms with Gasteiger partial charge in [-0.1, -0.05) is 81.7 Å². The maximum Gasteiger partial charge on any atom is 0.293 e. The summed E-state index contributed by atoms with van der Waals surface area (Å²) in [6.07, 6.45) is 1.49. The van der Waals surface area contributed by atoms with Crippen LogP contribution >= 0.6 is 69.6 Å². The van der Waals surface area contributed by atoms with Gasteiger partial charge in [-0.3, -0.25) is 10.1 Å². The minimum absolute atomic E-state index is 0.00465. The molecule has 2 aromatic carbocycles. The van der Waals surface area contributed by atoms with Crippen molar-refractivity contribution >= 4 is 81.5 Å². The fraction of sp³-hybridized carbons (Fsp3) is 0.0952. The molecule has 0 unspecified atom stereocenters. The highest BCUT2D eigenvalue weighted by Crippen LogP contribution is 2.48. The van der Waals surface area contributed by atoms with Crippen molar-refractivity contribution < 1.29 is 13.9 Å². The van der Waals surface area contributed by atoms with Crippen molar-refractivity contribution in [3.63, 3.8) is 0 Å². The summed E-state index contributed by atoms with van der Waals surface area (Å²) in [4.78, 5) is 16.6. The van der Waals surface area contributed by atoms with Crippen LogP contribution in [-0.2, 0) is 13.2 Å². The predicted molar refractivity (Wildman–Crippen MR) is 133 cm³/mol. The summed E-state index contributed by atoms with van der Waals surface area (Å²) in [7, 11) is 0. The molecule has 13 heteroatoms. The quantitative estimate of drug-likeness (QED) is 0.179. The van der Waals surface area contributed by atoms with Crippen LogP contribution in [0.3, 0.4) is 0 Å². The molecule has 2 heterocycles. The largest absolute Gasteiger partial charge is 0.482 e. The molecule has 4 rings (SSSR count). The maximum atomic E-state index is 12.5. The molecule has 2 aromatic heterocycles. The fourth-order valence-corrected chi connectivity index (χ4v) is 4.29. The Balaban J connectivity index is 1.38. The van der Waals surface area contributed by atoms with Crippen LogP contribution < -0.4 is 10.1 Å². The maximum absolute atomic E-state index is 12.5. The number of carbonyl (C=O) groups excluding carboxylic acids is 1. The Morgan fingerprint density at radius 1 is 0.971 bits per heavy atom. The van der Waals surface area contributed by atoms with Gasteiger partial charge in [0.05, 0.1) is 21.6 Å². The van der Waals surface area contributed by atoms with Crippen LogP contribution in [0, 0.1) is 0 Å². The monoisotopic (exact) mass is 578 g/mol. The van der Waals surface area contributed by atoms with Crippen LogP contribution in [0.25, 0.3) is 0 Å². The van der Waals surface area contributed by atoms with Gasteiger partial charge in [-0.15, -0.1) is 5.10 Å². The molecule has 0 radical (unpaired) electrons. The summed E-state index contributed by atoms with van der Waals surface area (Å²) in [6, 6.07) is 10.4.